The van der Waals surface area contributed by atoms with Gasteiger partial charge in [-0.1, -0.05) is 18.8 Å². The third kappa shape index (κ3) is 3.30. The molecule has 1 aromatic rings. The maximum Gasteiger partial charge on any atom is 0.104 e. The maximum absolute atomic E-state index is 8.77. The molecule has 1 aliphatic rings. The number of thioether (sulfide) groups is 1. The van der Waals surface area contributed by atoms with Gasteiger partial charge in [0, 0.05) is 40.6 Å². The topological polar surface area (TPSA) is 23.5 Å². The predicted molar refractivity (Wildman–Crippen MR) is 80.1 cm³/mol. The SMILES string of the molecule is CC1SCCN(Cc2sccc2C#CCO)C1C. The van der Waals surface area contributed by atoms with Crippen LogP contribution in [0.3, 0.4) is 0 Å². The van der Waals surface area contributed by atoms with Crippen molar-refractivity contribution in [2.24, 2.45) is 0 Å². The van der Waals surface area contributed by atoms with Gasteiger partial charge in [0.15, 0.2) is 0 Å². The van der Waals surface area contributed by atoms with E-state index in [2.05, 4.69) is 53.8 Å². The molecular weight excluding hydrogens is 262 g/mol. The second-order valence-electron chi connectivity index (χ2n) is 4.50. The molecular formula is C14H19NOS2. The van der Waals surface area contributed by atoms with E-state index in [1.54, 1.807) is 11.3 Å². The molecule has 18 heavy (non-hydrogen) atoms. The zero-order valence-electron chi connectivity index (χ0n) is 10.8. The van der Waals surface area contributed by atoms with E-state index < -0.39 is 0 Å². The number of aliphatic hydroxyl groups excluding tert-OH is 1. The van der Waals surface area contributed by atoms with Crippen molar-refractivity contribution in [3.63, 3.8) is 0 Å². The number of nitrogens with zero attached hydrogens (tertiary/aromatic N) is 1. The lowest BCUT2D eigenvalue weighted by molar-refractivity contribution is 0.206. The number of hydrogen-bond acceptors (Lipinski definition) is 4. The third-order valence-electron chi connectivity index (χ3n) is 3.41. The van der Waals surface area contributed by atoms with Crippen LogP contribution < -0.4 is 0 Å². The van der Waals surface area contributed by atoms with Crippen LogP contribution >= 0.6 is 23.1 Å². The summed E-state index contributed by atoms with van der Waals surface area (Å²) in [5.41, 5.74) is 1.08. The molecule has 2 rings (SSSR count). The summed E-state index contributed by atoms with van der Waals surface area (Å²) in [5.74, 6) is 6.99. The molecule has 1 N–H and O–H groups in total. The Morgan fingerprint density at radius 2 is 2.33 bits per heavy atom. The molecule has 1 aromatic heterocycles. The first-order valence-electron chi connectivity index (χ1n) is 6.24. The fourth-order valence-corrected chi connectivity index (χ4v) is 4.13. The Bertz CT molecular complexity index is 446. The lowest BCUT2D eigenvalue weighted by atomic mass is 10.2. The second-order valence-corrected chi connectivity index (χ2v) is 6.99. The minimum atomic E-state index is -0.0664. The number of hydrogen-bond donors (Lipinski definition) is 1. The Morgan fingerprint density at radius 1 is 1.50 bits per heavy atom. The van der Waals surface area contributed by atoms with Gasteiger partial charge in [0.2, 0.25) is 0 Å². The highest BCUT2D eigenvalue weighted by Crippen LogP contribution is 2.27. The maximum atomic E-state index is 8.77. The number of thiophene rings is 1. The molecule has 0 aromatic carbocycles. The van der Waals surface area contributed by atoms with Crippen molar-refractivity contribution in [2.75, 3.05) is 18.9 Å². The minimum Gasteiger partial charge on any atom is -0.384 e. The highest BCUT2D eigenvalue weighted by Gasteiger charge is 2.25. The Balaban J connectivity index is 2.07. The molecule has 0 bridgehead atoms. The van der Waals surface area contributed by atoms with Crippen molar-refractivity contribution in [2.45, 2.75) is 31.7 Å². The van der Waals surface area contributed by atoms with E-state index in [1.165, 1.54) is 10.6 Å². The first-order chi connectivity index (χ1) is 8.72. The van der Waals surface area contributed by atoms with Crippen LogP contribution in [0.1, 0.15) is 24.3 Å². The highest BCUT2D eigenvalue weighted by molar-refractivity contribution is 8.00. The quantitative estimate of drug-likeness (QED) is 0.842. The van der Waals surface area contributed by atoms with Crippen LogP contribution in [-0.4, -0.2) is 40.2 Å². The zero-order valence-corrected chi connectivity index (χ0v) is 12.5. The molecule has 0 amide bonds. The average Bonchev–Trinajstić information content (AvgIpc) is 2.80. The van der Waals surface area contributed by atoms with Crippen molar-refractivity contribution in [3.8, 4) is 11.8 Å². The lowest BCUT2D eigenvalue weighted by Crippen LogP contribution is -2.43. The summed E-state index contributed by atoms with van der Waals surface area (Å²) in [7, 11) is 0. The summed E-state index contributed by atoms with van der Waals surface area (Å²) < 4.78 is 0. The van der Waals surface area contributed by atoms with Gasteiger partial charge in [-0.2, -0.15) is 11.8 Å². The van der Waals surface area contributed by atoms with Crippen LogP contribution in [0, 0.1) is 11.8 Å². The molecule has 2 unspecified atom stereocenters. The Hall–Kier alpha value is -0.470. The summed E-state index contributed by atoms with van der Waals surface area (Å²) in [4.78, 5) is 3.86. The van der Waals surface area contributed by atoms with Crippen molar-refractivity contribution < 1.29 is 5.11 Å². The molecule has 0 aliphatic carbocycles. The Labute approximate surface area is 117 Å². The average molecular weight is 281 g/mol. The van der Waals surface area contributed by atoms with Crippen molar-refractivity contribution in [1.82, 2.24) is 4.90 Å². The first kappa shape index (κ1) is 14.0. The normalized spacial score (nSPS) is 24.6. The van der Waals surface area contributed by atoms with Gasteiger partial charge in [-0.3, -0.25) is 4.90 Å². The fourth-order valence-electron chi connectivity index (χ4n) is 2.11. The van der Waals surface area contributed by atoms with Crippen molar-refractivity contribution >= 4 is 23.1 Å². The van der Waals surface area contributed by atoms with Gasteiger partial charge in [-0.15, -0.1) is 11.3 Å². The van der Waals surface area contributed by atoms with Crippen molar-refractivity contribution in [1.29, 1.82) is 0 Å². The minimum absolute atomic E-state index is 0.0664. The van der Waals surface area contributed by atoms with E-state index in [0.717, 1.165) is 18.7 Å². The Morgan fingerprint density at radius 3 is 3.11 bits per heavy atom. The molecule has 2 nitrogen and oxygen atoms in total. The molecule has 1 aliphatic heterocycles. The molecule has 1 saturated heterocycles. The predicted octanol–water partition coefficient (Wildman–Crippen LogP) is 2.42. The van der Waals surface area contributed by atoms with E-state index in [4.69, 9.17) is 5.11 Å². The summed E-state index contributed by atoms with van der Waals surface area (Å²) in [6.07, 6.45) is 0. The van der Waals surface area contributed by atoms with Gasteiger partial charge in [0.1, 0.15) is 6.61 Å². The smallest absolute Gasteiger partial charge is 0.104 e. The van der Waals surface area contributed by atoms with Gasteiger partial charge < -0.3 is 5.11 Å². The van der Waals surface area contributed by atoms with E-state index in [0.29, 0.717) is 11.3 Å². The second kappa shape index (κ2) is 6.63. The van der Waals surface area contributed by atoms with Gasteiger partial charge in [0.05, 0.1) is 0 Å². The van der Waals surface area contributed by atoms with E-state index in [-0.39, 0.29) is 6.61 Å². The largest absolute Gasteiger partial charge is 0.384 e. The lowest BCUT2D eigenvalue weighted by Gasteiger charge is -2.37. The van der Waals surface area contributed by atoms with Crippen LogP contribution in [0.2, 0.25) is 0 Å². The summed E-state index contributed by atoms with van der Waals surface area (Å²) in [6, 6.07) is 2.67. The number of aliphatic hydroxyl groups is 1. The van der Waals surface area contributed by atoms with Crippen molar-refractivity contribution in [3.05, 3.63) is 21.9 Å². The van der Waals surface area contributed by atoms with Crippen LogP contribution in [0.5, 0.6) is 0 Å². The van der Waals surface area contributed by atoms with E-state index >= 15 is 0 Å². The Kier molecular flexibility index (Phi) is 5.13. The summed E-state index contributed by atoms with van der Waals surface area (Å²) in [5, 5.41) is 11.6. The van der Waals surface area contributed by atoms with Gasteiger partial charge in [-0.25, -0.2) is 0 Å². The molecule has 2 atom stereocenters. The standard InChI is InChI=1S/C14H19NOS2/c1-11-12(2)17-9-6-15(11)10-14-13(4-3-7-16)5-8-18-14/h5,8,11-12,16H,6-7,9-10H2,1-2H3. The van der Waals surface area contributed by atoms with E-state index in [1.807, 2.05) is 0 Å². The monoisotopic (exact) mass is 281 g/mol. The van der Waals surface area contributed by atoms with E-state index in [9.17, 15) is 0 Å². The zero-order chi connectivity index (χ0) is 13.0. The number of rotatable bonds is 2. The first-order valence-corrected chi connectivity index (χ1v) is 8.17. The summed E-state index contributed by atoms with van der Waals surface area (Å²) in [6.45, 7) is 6.69. The van der Waals surface area contributed by atoms with Crippen LogP contribution in [-0.2, 0) is 6.54 Å². The van der Waals surface area contributed by atoms with Gasteiger partial charge in [0.25, 0.3) is 0 Å². The third-order valence-corrected chi connectivity index (χ3v) is 5.65. The summed E-state index contributed by atoms with van der Waals surface area (Å²) >= 11 is 3.83. The molecule has 1 fully saturated rings. The molecule has 0 spiro atoms. The highest BCUT2D eigenvalue weighted by atomic mass is 32.2. The molecule has 98 valence electrons. The van der Waals surface area contributed by atoms with Crippen LogP contribution in [0.4, 0.5) is 0 Å². The van der Waals surface area contributed by atoms with Crippen LogP contribution in [0.15, 0.2) is 11.4 Å². The van der Waals surface area contributed by atoms with Gasteiger partial charge in [-0.05, 0) is 18.4 Å². The fraction of sp³-hybridized carbons (Fsp3) is 0.571. The molecule has 4 heteroatoms. The molecule has 0 radical (unpaired) electrons. The van der Waals surface area contributed by atoms with Gasteiger partial charge >= 0.3 is 0 Å². The van der Waals surface area contributed by atoms with Crippen LogP contribution in [0.25, 0.3) is 0 Å². The molecule has 0 saturated carbocycles. The molecule has 2 heterocycles.